The van der Waals surface area contributed by atoms with Crippen molar-refractivity contribution in [3.63, 3.8) is 0 Å². The third-order valence-electron chi connectivity index (χ3n) is 2.25. The van der Waals surface area contributed by atoms with Crippen LogP contribution in [0.25, 0.3) is 11.3 Å². The van der Waals surface area contributed by atoms with Crippen LogP contribution in [0.5, 0.6) is 0 Å². The second kappa shape index (κ2) is 5.23. The minimum absolute atomic E-state index is 0.121. The first-order valence-electron chi connectivity index (χ1n) is 4.83. The number of rotatable bonds is 2. The van der Waals surface area contributed by atoms with Crippen LogP contribution in [0.4, 0.5) is 0 Å². The minimum atomic E-state index is -0.121. The van der Waals surface area contributed by atoms with Crippen molar-refractivity contribution in [3.05, 3.63) is 51.1 Å². The van der Waals surface area contributed by atoms with Gasteiger partial charge in [0.2, 0.25) is 0 Å². The summed E-state index contributed by atoms with van der Waals surface area (Å²) in [4.78, 5) is 4.18. The van der Waals surface area contributed by atoms with Crippen LogP contribution >= 0.6 is 34.8 Å². The highest BCUT2D eigenvalue weighted by Crippen LogP contribution is 2.29. The first kappa shape index (κ1) is 12.7. The zero-order valence-electron chi connectivity index (χ0n) is 8.62. The molecule has 0 bridgehead atoms. The molecule has 0 saturated heterocycles. The van der Waals surface area contributed by atoms with Gasteiger partial charge in [0, 0.05) is 21.2 Å². The van der Waals surface area contributed by atoms with E-state index in [1.54, 1.807) is 30.3 Å². The van der Waals surface area contributed by atoms with E-state index >= 15 is 0 Å². The second-order valence-corrected chi connectivity index (χ2v) is 4.72. The molecule has 0 saturated carbocycles. The average Bonchev–Trinajstić information content (AvgIpc) is 2.27. The summed E-state index contributed by atoms with van der Waals surface area (Å²) in [6.45, 7) is -0.121. The Kier molecular flexibility index (Phi) is 3.89. The number of hydrogen-bond acceptors (Lipinski definition) is 2. The van der Waals surface area contributed by atoms with E-state index in [2.05, 4.69) is 4.98 Å². The van der Waals surface area contributed by atoms with E-state index in [1.165, 1.54) is 0 Å². The Balaban J connectivity index is 2.62. The molecule has 1 aromatic heterocycles. The minimum Gasteiger partial charge on any atom is -0.392 e. The molecule has 1 aromatic carbocycles. The highest BCUT2D eigenvalue weighted by atomic mass is 35.5. The molecule has 1 N–H and O–H groups in total. The molecule has 0 unspecified atom stereocenters. The lowest BCUT2D eigenvalue weighted by atomic mass is 10.1. The van der Waals surface area contributed by atoms with E-state index in [9.17, 15) is 5.11 Å². The molecule has 0 aliphatic rings. The standard InChI is InChI=1S/C12H8Cl3NO/c13-9-3-8(4-10(14)5-9)12-7(6-17)1-2-11(15)16-12/h1-5,17H,6H2. The third kappa shape index (κ3) is 2.90. The Hall–Kier alpha value is -0.800. The lowest BCUT2D eigenvalue weighted by Gasteiger charge is -2.08. The van der Waals surface area contributed by atoms with Gasteiger partial charge in [-0.15, -0.1) is 0 Å². The Morgan fingerprint density at radius 2 is 1.65 bits per heavy atom. The summed E-state index contributed by atoms with van der Waals surface area (Å²) < 4.78 is 0. The molecular formula is C12H8Cl3NO. The molecule has 0 radical (unpaired) electrons. The molecule has 1 heterocycles. The molecule has 5 heteroatoms. The fourth-order valence-corrected chi connectivity index (χ4v) is 2.21. The Morgan fingerprint density at radius 3 is 2.24 bits per heavy atom. The molecule has 88 valence electrons. The maximum absolute atomic E-state index is 9.26. The van der Waals surface area contributed by atoms with Crippen molar-refractivity contribution >= 4 is 34.8 Å². The average molecular weight is 289 g/mol. The molecule has 2 nitrogen and oxygen atoms in total. The lowest BCUT2D eigenvalue weighted by molar-refractivity contribution is 0.282. The first-order chi connectivity index (χ1) is 8.10. The molecule has 2 aromatic rings. The van der Waals surface area contributed by atoms with E-state index in [-0.39, 0.29) is 6.61 Å². The summed E-state index contributed by atoms with van der Waals surface area (Å²) in [5, 5.41) is 10.6. The van der Waals surface area contributed by atoms with Gasteiger partial charge >= 0.3 is 0 Å². The fourth-order valence-electron chi connectivity index (χ4n) is 1.53. The normalized spacial score (nSPS) is 10.6. The number of hydrogen-bond donors (Lipinski definition) is 1. The van der Waals surface area contributed by atoms with Gasteiger partial charge in [-0.3, -0.25) is 0 Å². The van der Waals surface area contributed by atoms with E-state index in [0.717, 1.165) is 5.56 Å². The number of aliphatic hydroxyl groups is 1. The highest BCUT2D eigenvalue weighted by Gasteiger charge is 2.09. The third-order valence-corrected chi connectivity index (χ3v) is 2.90. The van der Waals surface area contributed by atoms with Crippen molar-refractivity contribution in [2.75, 3.05) is 0 Å². The number of aliphatic hydroxyl groups excluding tert-OH is 1. The van der Waals surface area contributed by atoms with Crippen molar-refractivity contribution < 1.29 is 5.11 Å². The maximum atomic E-state index is 9.26. The molecule has 0 atom stereocenters. The zero-order valence-corrected chi connectivity index (χ0v) is 10.9. The van der Waals surface area contributed by atoms with Crippen molar-refractivity contribution in [1.29, 1.82) is 0 Å². The Morgan fingerprint density at radius 1 is 1.00 bits per heavy atom. The highest BCUT2D eigenvalue weighted by molar-refractivity contribution is 6.35. The van der Waals surface area contributed by atoms with Crippen LogP contribution in [0.15, 0.2) is 30.3 Å². The van der Waals surface area contributed by atoms with E-state index in [1.807, 2.05) is 0 Å². The van der Waals surface area contributed by atoms with E-state index < -0.39 is 0 Å². The number of aromatic nitrogens is 1. The van der Waals surface area contributed by atoms with Gasteiger partial charge in [0.15, 0.2) is 0 Å². The molecular weight excluding hydrogens is 280 g/mol. The molecule has 0 amide bonds. The molecule has 0 spiro atoms. The number of benzene rings is 1. The molecule has 0 aliphatic heterocycles. The predicted octanol–water partition coefficient (Wildman–Crippen LogP) is 4.20. The maximum Gasteiger partial charge on any atom is 0.129 e. The van der Waals surface area contributed by atoms with Gasteiger partial charge in [0.05, 0.1) is 12.3 Å². The number of nitrogens with zero attached hydrogens (tertiary/aromatic N) is 1. The lowest BCUT2D eigenvalue weighted by Crippen LogP contribution is -1.93. The van der Waals surface area contributed by atoms with Crippen LogP contribution in [0, 0.1) is 0 Å². The van der Waals surface area contributed by atoms with Gasteiger partial charge in [0.1, 0.15) is 5.15 Å². The van der Waals surface area contributed by atoms with Crippen molar-refractivity contribution in [3.8, 4) is 11.3 Å². The van der Waals surface area contributed by atoms with Gasteiger partial charge in [-0.25, -0.2) is 4.98 Å². The zero-order chi connectivity index (χ0) is 12.4. The monoisotopic (exact) mass is 287 g/mol. The summed E-state index contributed by atoms with van der Waals surface area (Å²) in [6.07, 6.45) is 0. The summed E-state index contributed by atoms with van der Waals surface area (Å²) >= 11 is 17.7. The SMILES string of the molecule is OCc1ccc(Cl)nc1-c1cc(Cl)cc(Cl)c1. The van der Waals surface area contributed by atoms with Crippen LogP contribution in [-0.4, -0.2) is 10.1 Å². The Bertz CT molecular complexity index is 537. The van der Waals surface area contributed by atoms with E-state index in [0.29, 0.717) is 26.5 Å². The Labute approximate surface area is 114 Å². The summed E-state index contributed by atoms with van der Waals surface area (Å²) in [5.74, 6) is 0. The summed E-state index contributed by atoms with van der Waals surface area (Å²) in [7, 11) is 0. The first-order valence-corrected chi connectivity index (χ1v) is 5.96. The number of halogens is 3. The largest absolute Gasteiger partial charge is 0.392 e. The topological polar surface area (TPSA) is 33.1 Å². The van der Waals surface area contributed by atoms with Crippen LogP contribution in [0.3, 0.4) is 0 Å². The van der Waals surface area contributed by atoms with Gasteiger partial charge < -0.3 is 5.11 Å². The van der Waals surface area contributed by atoms with Crippen LogP contribution in [0.1, 0.15) is 5.56 Å². The van der Waals surface area contributed by atoms with Crippen molar-refractivity contribution in [1.82, 2.24) is 4.98 Å². The van der Waals surface area contributed by atoms with Gasteiger partial charge in [-0.05, 0) is 24.3 Å². The predicted molar refractivity (Wildman–Crippen MR) is 70.6 cm³/mol. The quantitative estimate of drug-likeness (QED) is 0.840. The second-order valence-electron chi connectivity index (χ2n) is 3.46. The summed E-state index contributed by atoms with van der Waals surface area (Å²) in [6, 6.07) is 8.44. The van der Waals surface area contributed by atoms with Crippen LogP contribution in [0.2, 0.25) is 15.2 Å². The van der Waals surface area contributed by atoms with Gasteiger partial charge in [0.25, 0.3) is 0 Å². The smallest absolute Gasteiger partial charge is 0.129 e. The van der Waals surface area contributed by atoms with E-state index in [4.69, 9.17) is 34.8 Å². The van der Waals surface area contributed by atoms with Crippen LogP contribution < -0.4 is 0 Å². The van der Waals surface area contributed by atoms with Crippen LogP contribution in [-0.2, 0) is 6.61 Å². The van der Waals surface area contributed by atoms with Gasteiger partial charge in [-0.2, -0.15) is 0 Å². The molecule has 0 fully saturated rings. The van der Waals surface area contributed by atoms with Gasteiger partial charge in [-0.1, -0.05) is 40.9 Å². The number of pyridine rings is 1. The molecule has 0 aliphatic carbocycles. The molecule has 2 rings (SSSR count). The summed E-state index contributed by atoms with van der Waals surface area (Å²) in [5.41, 5.74) is 1.99. The fraction of sp³-hybridized carbons (Fsp3) is 0.0833. The molecule has 17 heavy (non-hydrogen) atoms. The van der Waals surface area contributed by atoms with Crippen molar-refractivity contribution in [2.45, 2.75) is 6.61 Å². The van der Waals surface area contributed by atoms with Crippen molar-refractivity contribution in [2.24, 2.45) is 0 Å².